The van der Waals surface area contributed by atoms with E-state index in [1.165, 1.54) is 16.8 Å². The summed E-state index contributed by atoms with van der Waals surface area (Å²) < 4.78 is 6.14. The first kappa shape index (κ1) is 22.7. The largest absolute Gasteiger partial charge is 0.507 e. The molecule has 0 atom stereocenters. The molecule has 2 N–H and O–H groups in total. The third kappa shape index (κ3) is 5.61. The van der Waals surface area contributed by atoms with Crippen LogP contribution in [0.5, 0.6) is 11.5 Å². The summed E-state index contributed by atoms with van der Waals surface area (Å²) in [5, 5.41) is 14.0. The topological polar surface area (TPSA) is 41.5 Å². The lowest BCUT2D eigenvalue weighted by atomic mass is 9.92. The molecule has 0 saturated carbocycles. The van der Waals surface area contributed by atoms with E-state index in [0.717, 1.165) is 35.4 Å². The highest BCUT2D eigenvalue weighted by Crippen LogP contribution is 2.36. The minimum absolute atomic E-state index is 0.270. The summed E-state index contributed by atoms with van der Waals surface area (Å²) in [6.45, 7) is 12.5. The summed E-state index contributed by atoms with van der Waals surface area (Å²) in [4.78, 5) is 0. The Morgan fingerprint density at radius 1 is 0.839 bits per heavy atom. The maximum absolute atomic E-state index is 10.3. The van der Waals surface area contributed by atoms with Crippen molar-refractivity contribution >= 4 is 5.69 Å². The van der Waals surface area contributed by atoms with Gasteiger partial charge in [-0.2, -0.15) is 0 Å². The van der Waals surface area contributed by atoms with Gasteiger partial charge in [0, 0.05) is 23.4 Å². The normalized spacial score (nSPS) is 11.2. The molecule has 3 rings (SSSR count). The van der Waals surface area contributed by atoms with Crippen LogP contribution < -0.4 is 10.1 Å². The van der Waals surface area contributed by atoms with Crippen LogP contribution in [0.1, 0.15) is 62.6 Å². The number of aryl methyl sites for hydroxylation is 1. The molecule has 0 aliphatic heterocycles. The molecule has 3 nitrogen and oxygen atoms in total. The molecular weight excluding hydrogens is 382 g/mol. The molecule has 0 spiro atoms. The molecular formula is C28H35NO2. The van der Waals surface area contributed by atoms with Crippen LogP contribution >= 0.6 is 0 Å². The van der Waals surface area contributed by atoms with Crippen LogP contribution in [-0.4, -0.2) is 18.3 Å². The zero-order valence-electron chi connectivity index (χ0n) is 19.4. The molecule has 0 aliphatic rings. The fourth-order valence-corrected chi connectivity index (χ4v) is 3.90. The zero-order valence-corrected chi connectivity index (χ0v) is 19.4. The smallest absolute Gasteiger partial charge is 0.127 e. The van der Waals surface area contributed by atoms with Gasteiger partial charge in [-0.1, -0.05) is 75.7 Å². The number of rotatable bonds is 9. The van der Waals surface area contributed by atoms with Crippen molar-refractivity contribution < 1.29 is 9.84 Å². The first-order chi connectivity index (χ1) is 14.9. The van der Waals surface area contributed by atoms with Crippen molar-refractivity contribution in [2.24, 2.45) is 0 Å². The Labute approximate surface area is 187 Å². The van der Waals surface area contributed by atoms with Gasteiger partial charge < -0.3 is 15.2 Å². The summed E-state index contributed by atoms with van der Waals surface area (Å²) >= 11 is 0. The van der Waals surface area contributed by atoms with E-state index in [0.29, 0.717) is 18.4 Å². The number of para-hydroxylation sites is 2. The van der Waals surface area contributed by atoms with E-state index in [9.17, 15) is 5.11 Å². The highest BCUT2D eigenvalue weighted by Gasteiger charge is 2.14. The van der Waals surface area contributed by atoms with Gasteiger partial charge in [-0.05, 0) is 54.5 Å². The van der Waals surface area contributed by atoms with Crippen molar-refractivity contribution in [3.63, 3.8) is 0 Å². The molecule has 3 aromatic carbocycles. The van der Waals surface area contributed by atoms with Gasteiger partial charge in [0.2, 0.25) is 0 Å². The molecule has 3 heteroatoms. The van der Waals surface area contributed by atoms with Crippen LogP contribution in [-0.2, 0) is 0 Å². The van der Waals surface area contributed by atoms with Gasteiger partial charge in [-0.3, -0.25) is 0 Å². The van der Waals surface area contributed by atoms with Crippen LogP contribution in [0, 0.1) is 6.92 Å². The highest BCUT2D eigenvalue weighted by atomic mass is 16.5. The molecule has 0 radical (unpaired) electrons. The van der Waals surface area contributed by atoms with Gasteiger partial charge >= 0.3 is 0 Å². The summed E-state index contributed by atoms with van der Waals surface area (Å²) in [7, 11) is 0. The standard InChI is InChI=1S/C28H35NO2/c1-19(2)22-11-8-12-23(20(3)4)28(22)29-16-9-17-31-27-15-14-21(5)18-25(27)24-10-6-7-13-26(24)30/h6-8,10-15,18-20,29-30H,9,16-17H2,1-5H3. The SMILES string of the molecule is Cc1ccc(OCCCNc2c(C(C)C)cccc2C(C)C)c(-c2ccccc2O)c1. The summed E-state index contributed by atoms with van der Waals surface area (Å²) in [6, 6.07) is 20.1. The molecule has 3 aromatic rings. The minimum Gasteiger partial charge on any atom is -0.507 e. The fraction of sp³-hybridized carbons (Fsp3) is 0.357. The van der Waals surface area contributed by atoms with Gasteiger partial charge in [0.1, 0.15) is 11.5 Å². The monoisotopic (exact) mass is 417 g/mol. The number of phenols is 1. The number of benzene rings is 3. The van der Waals surface area contributed by atoms with Crippen molar-refractivity contribution in [3.8, 4) is 22.6 Å². The molecule has 0 heterocycles. The summed E-state index contributed by atoms with van der Waals surface area (Å²) in [5.74, 6) is 2.03. The van der Waals surface area contributed by atoms with Crippen molar-refractivity contribution in [2.75, 3.05) is 18.5 Å². The Hall–Kier alpha value is -2.94. The molecule has 0 aromatic heterocycles. The van der Waals surface area contributed by atoms with Crippen LogP contribution in [0.2, 0.25) is 0 Å². The maximum atomic E-state index is 10.3. The molecule has 0 aliphatic carbocycles. The van der Waals surface area contributed by atoms with E-state index >= 15 is 0 Å². The van der Waals surface area contributed by atoms with Crippen LogP contribution in [0.4, 0.5) is 5.69 Å². The van der Waals surface area contributed by atoms with E-state index in [2.05, 4.69) is 64.2 Å². The Morgan fingerprint density at radius 3 is 2.16 bits per heavy atom. The molecule has 31 heavy (non-hydrogen) atoms. The van der Waals surface area contributed by atoms with Crippen molar-refractivity contribution in [1.29, 1.82) is 0 Å². The van der Waals surface area contributed by atoms with E-state index in [-0.39, 0.29) is 5.75 Å². The average Bonchev–Trinajstić information content (AvgIpc) is 2.74. The van der Waals surface area contributed by atoms with Crippen molar-refractivity contribution in [1.82, 2.24) is 0 Å². The third-order valence-electron chi connectivity index (χ3n) is 5.58. The Morgan fingerprint density at radius 2 is 1.52 bits per heavy atom. The summed E-state index contributed by atoms with van der Waals surface area (Å²) in [5.41, 5.74) is 6.88. The van der Waals surface area contributed by atoms with Gasteiger partial charge in [0.15, 0.2) is 0 Å². The Kier molecular flexibility index (Phi) is 7.62. The Bertz CT molecular complexity index is 981. The van der Waals surface area contributed by atoms with E-state index in [1.807, 2.05) is 30.3 Å². The van der Waals surface area contributed by atoms with Gasteiger partial charge in [0.05, 0.1) is 6.61 Å². The second kappa shape index (κ2) is 10.4. The number of aromatic hydroxyl groups is 1. The average molecular weight is 418 g/mol. The molecule has 0 bridgehead atoms. The molecule has 164 valence electrons. The molecule has 0 saturated heterocycles. The van der Waals surface area contributed by atoms with Gasteiger partial charge in [-0.15, -0.1) is 0 Å². The minimum atomic E-state index is 0.270. The van der Waals surface area contributed by atoms with Crippen molar-refractivity contribution in [2.45, 2.75) is 52.9 Å². The second-order valence-corrected chi connectivity index (χ2v) is 8.77. The first-order valence-corrected chi connectivity index (χ1v) is 11.3. The fourth-order valence-electron chi connectivity index (χ4n) is 3.90. The van der Waals surface area contributed by atoms with Crippen molar-refractivity contribution in [3.05, 3.63) is 77.4 Å². The first-order valence-electron chi connectivity index (χ1n) is 11.3. The number of ether oxygens (including phenoxy) is 1. The lowest BCUT2D eigenvalue weighted by Gasteiger charge is -2.21. The van der Waals surface area contributed by atoms with Crippen LogP contribution in [0.25, 0.3) is 11.1 Å². The highest BCUT2D eigenvalue weighted by molar-refractivity contribution is 5.76. The number of phenolic OH excluding ortho intramolecular Hbond substituents is 1. The second-order valence-electron chi connectivity index (χ2n) is 8.77. The molecule has 0 unspecified atom stereocenters. The summed E-state index contributed by atoms with van der Waals surface area (Å²) in [6.07, 6.45) is 0.887. The zero-order chi connectivity index (χ0) is 22.4. The predicted octanol–water partition coefficient (Wildman–Crippen LogP) is 7.50. The number of hydrogen-bond donors (Lipinski definition) is 2. The maximum Gasteiger partial charge on any atom is 0.127 e. The number of nitrogens with one attached hydrogen (secondary N) is 1. The number of hydrogen-bond acceptors (Lipinski definition) is 3. The lowest BCUT2D eigenvalue weighted by molar-refractivity contribution is 0.316. The number of anilines is 1. The molecule has 0 amide bonds. The third-order valence-corrected chi connectivity index (χ3v) is 5.58. The Balaban J connectivity index is 1.66. The quantitative estimate of drug-likeness (QED) is 0.354. The van der Waals surface area contributed by atoms with Gasteiger partial charge in [-0.25, -0.2) is 0 Å². The molecule has 0 fully saturated rings. The van der Waals surface area contributed by atoms with Gasteiger partial charge in [0.25, 0.3) is 0 Å². The van der Waals surface area contributed by atoms with E-state index in [4.69, 9.17) is 4.74 Å². The van der Waals surface area contributed by atoms with Crippen LogP contribution in [0.3, 0.4) is 0 Å². The van der Waals surface area contributed by atoms with Crippen LogP contribution in [0.15, 0.2) is 60.7 Å². The van der Waals surface area contributed by atoms with E-state index < -0.39 is 0 Å². The predicted molar refractivity (Wildman–Crippen MR) is 132 cm³/mol. The van der Waals surface area contributed by atoms with E-state index in [1.54, 1.807) is 6.07 Å². The lowest BCUT2D eigenvalue weighted by Crippen LogP contribution is -2.12.